The smallest absolute Gasteiger partial charge is 0.271 e. The lowest BCUT2D eigenvalue weighted by molar-refractivity contribution is -0.384. The number of piperazine rings is 1. The van der Waals surface area contributed by atoms with Gasteiger partial charge in [0.15, 0.2) is 0 Å². The van der Waals surface area contributed by atoms with E-state index in [9.17, 15) is 20.2 Å². The summed E-state index contributed by atoms with van der Waals surface area (Å²) in [6.45, 7) is 6.95. The number of nitro groups is 2. The zero-order valence-electron chi connectivity index (χ0n) is 29.2. The molecular formula is C38H40N8O6. The molecule has 52 heavy (non-hydrogen) atoms. The van der Waals surface area contributed by atoms with Crippen molar-refractivity contribution in [3.8, 4) is 11.5 Å². The van der Waals surface area contributed by atoms with Crippen LogP contribution in [0.3, 0.4) is 0 Å². The molecule has 0 amide bonds. The van der Waals surface area contributed by atoms with Gasteiger partial charge in [0.05, 0.1) is 46.5 Å². The van der Waals surface area contributed by atoms with Gasteiger partial charge in [-0.2, -0.15) is 0 Å². The molecule has 0 radical (unpaired) electrons. The normalized spacial score (nSPS) is 14.0. The highest BCUT2D eigenvalue weighted by Crippen LogP contribution is 2.46. The van der Waals surface area contributed by atoms with Gasteiger partial charge < -0.3 is 29.9 Å². The van der Waals surface area contributed by atoms with E-state index in [0.717, 1.165) is 74.3 Å². The lowest BCUT2D eigenvalue weighted by atomic mass is 10.0. The van der Waals surface area contributed by atoms with E-state index in [-0.39, 0.29) is 11.4 Å². The van der Waals surface area contributed by atoms with Gasteiger partial charge >= 0.3 is 0 Å². The molecule has 7 rings (SSSR count). The topological polar surface area (TPSA) is 166 Å². The number of ether oxygens (including phenoxy) is 2. The van der Waals surface area contributed by atoms with Crippen LogP contribution in [-0.2, 0) is 0 Å². The third-order valence-electron chi connectivity index (χ3n) is 9.85. The van der Waals surface area contributed by atoms with Crippen molar-refractivity contribution in [3.63, 3.8) is 0 Å². The van der Waals surface area contributed by atoms with E-state index in [1.54, 1.807) is 26.4 Å². The van der Waals surface area contributed by atoms with E-state index in [0.29, 0.717) is 57.4 Å². The molecule has 4 aromatic carbocycles. The van der Waals surface area contributed by atoms with E-state index in [1.807, 2.05) is 36.4 Å². The summed E-state index contributed by atoms with van der Waals surface area (Å²) >= 11 is 0. The monoisotopic (exact) mass is 704 g/mol. The van der Waals surface area contributed by atoms with Crippen molar-refractivity contribution < 1.29 is 19.3 Å². The molecule has 6 aromatic rings. The van der Waals surface area contributed by atoms with Gasteiger partial charge in [0, 0.05) is 78.5 Å². The maximum absolute atomic E-state index is 11.9. The van der Waals surface area contributed by atoms with Gasteiger partial charge in [0.1, 0.15) is 22.5 Å². The van der Waals surface area contributed by atoms with Crippen molar-refractivity contribution in [2.24, 2.45) is 5.73 Å². The molecule has 1 aliphatic rings. The van der Waals surface area contributed by atoms with Gasteiger partial charge in [0.25, 0.3) is 11.4 Å². The van der Waals surface area contributed by atoms with Crippen molar-refractivity contribution in [2.75, 3.05) is 71.5 Å². The molecule has 268 valence electrons. The average Bonchev–Trinajstić information content (AvgIpc) is 3.16. The average molecular weight is 705 g/mol. The van der Waals surface area contributed by atoms with E-state index in [2.05, 4.69) is 14.7 Å². The number of nitro benzene ring substituents is 2. The fourth-order valence-corrected chi connectivity index (χ4v) is 7.29. The number of rotatable bonds is 13. The molecule has 2 aromatic heterocycles. The number of pyridine rings is 2. The number of nitrogens with zero attached hydrogens (tertiary/aromatic N) is 7. The molecule has 14 nitrogen and oxygen atoms in total. The van der Waals surface area contributed by atoms with Gasteiger partial charge in [-0.05, 0) is 56.7 Å². The summed E-state index contributed by atoms with van der Waals surface area (Å²) in [5, 5.41) is 26.9. The van der Waals surface area contributed by atoms with Gasteiger partial charge in [-0.25, -0.2) is 9.97 Å². The number of non-ortho nitro benzene ring substituents is 2. The molecule has 0 spiro atoms. The number of aromatic nitrogens is 2. The number of nitrogens with two attached hydrogens (primary N) is 1. The van der Waals surface area contributed by atoms with Gasteiger partial charge in [-0.15, -0.1) is 0 Å². The van der Waals surface area contributed by atoms with E-state index in [1.165, 1.54) is 24.3 Å². The Balaban J connectivity index is 1.46. The first-order chi connectivity index (χ1) is 25.3. The summed E-state index contributed by atoms with van der Waals surface area (Å²) in [6, 6.07) is 20.9. The fourth-order valence-electron chi connectivity index (χ4n) is 7.29. The summed E-state index contributed by atoms with van der Waals surface area (Å²) in [4.78, 5) is 40.0. The van der Waals surface area contributed by atoms with Crippen LogP contribution in [0.15, 0.2) is 72.8 Å². The summed E-state index contributed by atoms with van der Waals surface area (Å²) in [7, 11) is 3.15. The standard InChI is InChI=1S/C38H40N8O6/c1-51-33-9-3-7-29-35(33)40-31-23-25(45(47)48)11-13-27(31)37(29)44(18-6-17-43-21-19-42(20-22-43)16-5-15-39)38-28-14-12-26(46(49)50)24-32(28)41-36-30(38)8-4-10-34(36)52-2/h3-4,7-14,23-24H,5-6,15-22,39H2,1-2H3. The van der Waals surface area contributed by atoms with Crippen LogP contribution in [-0.4, -0.2) is 96.2 Å². The maximum Gasteiger partial charge on any atom is 0.271 e. The molecule has 1 saturated heterocycles. The Morgan fingerprint density at radius 1 is 0.692 bits per heavy atom. The fraction of sp³-hybridized carbons (Fsp3) is 0.316. The van der Waals surface area contributed by atoms with Crippen LogP contribution < -0.4 is 20.1 Å². The Morgan fingerprint density at radius 3 is 1.58 bits per heavy atom. The number of hydrogen-bond donors (Lipinski definition) is 1. The lowest BCUT2D eigenvalue weighted by Gasteiger charge is -2.35. The quantitative estimate of drug-likeness (QED) is 0.0798. The van der Waals surface area contributed by atoms with Crippen molar-refractivity contribution in [3.05, 3.63) is 93.0 Å². The molecule has 3 heterocycles. The first-order valence-electron chi connectivity index (χ1n) is 17.3. The molecular weight excluding hydrogens is 664 g/mol. The van der Waals surface area contributed by atoms with Crippen LogP contribution in [0, 0.1) is 20.2 Å². The van der Waals surface area contributed by atoms with Crippen molar-refractivity contribution in [2.45, 2.75) is 12.8 Å². The van der Waals surface area contributed by atoms with Crippen LogP contribution >= 0.6 is 0 Å². The predicted molar refractivity (Wildman–Crippen MR) is 203 cm³/mol. The van der Waals surface area contributed by atoms with Crippen LogP contribution in [0.5, 0.6) is 11.5 Å². The second-order valence-electron chi connectivity index (χ2n) is 12.9. The maximum atomic E-state index is 11.9. The minimum absolute atomic E-state index is 0.0748. The highest BCUT2D eigenvalue weighted by molar-refractivity contribution is 6.17. The second kappa shape index (κ2) is 14.9. The minimum atomic E-state index is -0.427. The van der Waals surface area contributed by atoms with Gasteiger partial charge in [-0.1, -0.05) is 24.3 Å². The molecule has 2 N–H and O–H groups in total. The second-order valence-corrected chi connectivity index (χ2v) is 12.9. The highest BCUT2D eigenvalue weighted by Gasteiger charge is 2.26. The summed E-state index contributed by atoms with van der Waals surface area (Å²) in [5.74, 6) is 1.06. The van der Waals surface area contributed by atoms with Crippen LogP contribution in [0.2, 0.25) is 0 Å². The molecule has 0 saturated carbocycles. The Morgan fingerprint density at radius 2 is 1.15 bits per heavy atom. The van der Waals surface area contributed by atoms with E-state index < -0.39 is 9.85 Å². The van der Waals surface area contributed by atoms with Crippen LogP contribution in [0.4, 0.5) is 22.7 Å². The molecule has 1 aliphatic heterocycles. The lowest BCUT2D eigenvalue weighted by Crippen LogP contribution is -2.47. The third kappa shape index (κ3) is 6.59. The first-order valence-corrected chi connectivity index (χ1v) is 17.3. The molecule has 0 aliphatic carbocycles. The summed E-state index contributed by atoms with van der Waals surface area (Å²) < 4.78 is 11.5. The molecule has 0 unspecified atom stereocenters. The predicted octanol–water partition coefficient (Wildman–Crippen LogP) is 6.42. The Kier molecular flexibility index (Phi) is 9.94. The van der Waals surface area contributed by atoms with E-state index in [4.69, 9.17) is 25.2 Å². The summed E-state index contributed by atoms with van der Waals surface area (Å²) in [6.07, 6.45) is 1.76. The molecule has 0 bridgehead atoms. The Bertz CT molecular complexity index is 2170. The van der Waals surface area contributed by atoms with Gasteiger partial charge in [-0.3, -0.25) is 20.2 Å². The van der Waals surface area contributed by atoms with Crippen molar-refractivity contribution in [1.82, 2.24) is 19.8 Å². The van der Waals surface area contributed by atoms with Crippen LogP contribution in [0.1, 0.15) is 12.8 Å². The molecule has 14 heteroatoms. The van der Waals surface area contributed by atoms with Crippen LogP contribution in [0.25, 0.3) is 43.6 Å². The number of para-hydroxylation sites is 2. The van der Waals surface area contributed by atoms with Crippen molar-refractivity contribution in [1.29, 1.82) is 0 Å². The SMILES string of the molecule is COc1cccc2c(N(CCCN3CCN(CCCN)CC3)c3c4ccc([N+](=O)[O-])cc4nc4c(OC)cccc34)c3ccc([N+](=O)[O-])cc3nc12. The molecule has 1 fully saturated rings. The number of methoxy groups -OCH3 is 2. The largest absolute Gasteiger partial charge is 0.494 e. The number of anilines is 2. The highest BCUT2D eigenvalue weighted by atomic mass is 16.6. The molecule has 0 atom stereocenters. The number of hydrogen-bond acceptors (Lipinski definition) is 12. The van der Waals surface area contributed by atoms with Crippen molar-refractivity contribution >= 4 is 66.4 Å². The minimum Gasteiger partial charge on any atom is -0.494 e. The third-order valence-corrected chi connectivity index (χ3v) is 9.85. The van der Waals surface area contributed by atoms with E-state index >= 15 is 0 Å². The zero-order chi connectivity index (χ0) is 36.4. The Hall–Kier alpha value is -5.70. The first kappa shape index (κ1) is 34.7. The van der Waals surface area contributed by atoms with Gasteiger partial charge in [0.2, 0.25) is 0 Å². The zero-order valence-corrected chi connectivity index (χ0v) is 29.2. The number of benzene rings is 4. The summed E-state index contributed by atoms with van der Waals surface area (Å²) in [5.41, 5.74) is 9.17. The number of fused-ring (bicyclic) bond motifs is 4. The Labute approximate surface area is 299 Å².